The third kappa shape index (κ3) is 1.97. The number of hydrogen-bond donors (Lipinski definition) is 2. The topological polar surface area (TPSA) is 53.1 Å². The molecule has 3 heteroatoms. The quantitative estimate of drug-likeness (QED) is 0.737. The molecule has 0 aromatic carbocycles. The van der Waals surface area contributed by atoms with Crippen molar-refractivity contribution in [3.8, 4) is 0 Å². The molecule has 82 valence electrons. The van der Waals surface area contributed by atoms with E-state index in [2.05, 4.69) is 11.9 Å². The molecule has 1 saturated carbocycles. The fourth-order valence-corrected chi connectivity index (χ4v) is 2.30. The van der Waals surface area contributed by atoms with Crippen molar-refractivity contribution < 1.29 is 5.11 Å². The van der Waals surface area contributed by atoms with Crippen molar-refractivity contribution in [3.05, 3.63) is 34.2 Å². The number of aromatic amines is 1. The first-order valence-corrected chi connectivity index (χ1v) is 5.52. The van der Waals surface area contributed by atoms with E-state index in [1.807, 2.05) is 0 Å². The average molecular weight is 207 g/mol. The van der Waals surface area contributed by atoms with Gasteiger partial charge in [-0.2, -0.15) is 0 Å². The molecule has 2 rings (SSSR count). The molecule has 0 aliphatic heterocycles. The summed E-state index contributed by atoms with van der Waals surface area (Å²) in [7, 11) is 0. The molecular weight excluding hydrogens is 190 g/mol. The van der Waals surface area contributed by atoms with Crippen LogP contribution in [0.3, 0.4) is 0 Å². The highest BCUT2D eigenvalue weighted by molar-refractivity contribution is 5.18. The van der Waals surface area contributed by atoms with Gasteiger partial charge >= 0.3 is 0 Å². The van der Waals surface area contributed by atoms with Crippen LogP contribution < -0.4 is 5.56 Å². The molecule has 1 aromatic rings. The lowest BCUT2D eigenvalue weighted by Gasteiger charge is -2.34. The molecule has 0 atom stereocenters. The molecular formula is C12H17NO2. The highest BCUT2D eigenvalue weighted by Crippen LogP contribution is 2.37. The number of aromatic nitrogens is 1. The molecule has 15 heavy (non-hydrogen) atoms. The van der Waals surface area contributed by atoms with Gasteiger partial charge in [-0.25, -0.2) is 0 Å². The van der Waals surface area contributed by atoms with Crippen LogP contribution in [0, 0.1) is 5.92 Å². The van der Waals surface area contributed by atoms with Crippen molar-refractivity contribution in [1.82, 2.24) is 4.98 Å². The third-order valence-electron chi connectivity index (χ3n) is 3.42. The summed E-state index contributed by atoms with van der Waals surface area (Å²) in [6.45, 7) is 2.19. The molecule has 1 aliphatic carbocycles. The summed E-state index contributed by atoms with van der Waals surface area (Å²) in [6, 6.07) is 3.50. The standard InChI is InChI=1S/C12H17NO2/c1-9-4-6-12(15,7-5-9)10-3-2-8-13-11(10)14/h2-3,8-9,15H,4-7H2,1H3,(H,13,14). The molecule has 0 bridgehead atoms. The van der Waals surface area contributed by atoms with Crippen LogP contribution in [0.25, 0.3) is 0 Å². The lowest BCUT2D eigenvalue weighted by atomic mass is 9.76. The number of aliphatic hydroxyl groups is 1. The van der Waals surface area contributed by atoms with Crippen LogP contribution in [-0.4, -0.2) is 10.1 Å². The van der Waals surface area contributed by atoms with E-state index in [9.17, 15) is 9.90 Å². The second-order valence-corrected chi connectivity index (χ2v) is 4.63. The molecule has 2 N–H and O–H groups in total. The molecule has 1 aromatic heterocycles. The Morgan fingerprint density at radius 1 is 1.47 bits per heavy atom. The summed E-state index contributed by atoms with van der Waals surface area (Å²) in [6.07, 6.45) is 4.97. The zero-order valence-electron chi connectivity index (χ0n) is 8.99. The Kier molecular flexibility index (Phi) is 2.65. The summed E-state index contributed by atoms with van der Waals surface area (Å²) in [4.78, 5) is 14.2. The van der Waals surface area contributed by atoms with Crippen LogP contribution in [0.4, 0.5) is 0 Å². The Hall–Kier alpha value is -1.09. The maximum absolute atomic E-state index is 11.6. The van der Waals surface area contributed by atoms with Crippen molar-refractivity contribution in [1.29, 1.82) is 0 Å². The van der Waals surface area contributed by atoms with E-state index in [0.29, 0.717) is 24.3 Å². The molecule has 0 radical (unpaired) electrons. The molecule has 3 nitrogen and oxygen atoms in total. The highest BCUT2D eigenvalue weighted by Gasteiger charge is 2.35. The van der Waals surface area contributed by atoms with E-state index in [4.69, 9.17) is 0 Å². The van der Waals surface area contributed by atoms with Gasteiger partial charge in [0.1, 0.15) is 0 Å². The van der Waals surface area contributed by atoms with Crippen LogP contribution in [0.15, 0.2) is 23.1 Å². The Bertz CT molecular complexity index is 389. The Morgan fingerprint density at radius 2 is 2.13 bits per heavy atom. The average Bonchev–Trinajstić information content (AvgIpc) is 2.23. The van der Waals surface area contributed by atoms with Gasteiger partial charge in [0.2, 0.25) is 0 Å². The summed E-state index contributed by atoms with van der Waals surface area (Å²) < 4.78 is 0. The second-order valence-electron chi connectivity index (χ2n) is 4.63. The van der Waals surface area contributed by atoms with E-state index in [-0.39, 0.29) is 5.56 Å². The monoisotopic (exact) mass is 207 g/mol. The first-order valence-electron chi connectivity index (χ1n) is 5.52. The minimum absolute atomic E-state index is 0.158. The van der Waals surface area contributed by atoms with Gasteiger partial charge in [0.25, 0.3) is 5.56 Å². The van der Waals surface area contributed by atoms with Crippen LogP contribution in [0.1, 0.15) is 38.2 Å². The first kappa shape index (κ1) is 10.4. The minimum Gasteiger partial charge on any atom is -0.385 e. The lowest BCUT2D eigenvalue weighted by Crippen LogP contribution is -2.36. The van der Waals surface area contributed by atoms with Crippen molar-refractivity contribution in [2.45, 2.75) is 38.2 Å². The molecule has 0 spiro atoms. The first-order chi connectivity index (χ1) is 7.12. The molecule has 0 amide bonds. The number of nitrogens with one attached hydrogen (secondary N) is 1. The van der Waals surface area contributed by atoms with E-state index in [0.717, 1.165) is 12.8 Å². The van der Waals surface area contributed by atoms with E-state index >= 15 is 0 Å². The van der Waals surface area contributed by atoms with Gasteiger partial charge in [0, 0.05) is 11.8 Å². The molecule has 1 aliphatic rings. The smallest absolute Gasteiger partial charge is 0.254 e. The van der Waals surface area contributed by atoms with Crippen molar-refractivity contribution in [3.63, 3.8) is 0 Å². The van der Waals surface area contributed by atoms with Gasteiger partial charge < -0.3 is 10.1 Å². The molecule has 0 saturated heterocycles. The lowest BCUT2D eigenvalue weighted by molar-refractivity contribution is -0.0132. The highest BCUT2D eigenvalue weighted by atomic mass is 16.3. The maximum atomic E-state index is 11.6. The normalized spacial score (nSPS) is 31.5. The predicted molar refractivity (Wildman–Crippen MR) is 58.6 cm³/mol. The molecule has 1 fully saturated rings. The van der Waals surface area contributed by atoms with Crippen molar-refractivity contribution in [2.24, 2.45) is 5.92 Å². The molecule has 1 heterocycles. The number of pyridine rings is 1. The van der Waals surface area contributed by atoms with Crippen LogP contribution in [0.5, 0.6) is 0 Å². The van der Waals surface area contributed by atoms with Crippen LogP contribution >= 0.6 is 0 Å². The SMILES string of the molecule is CC1CCC(O)(c2ccc[nH]c2=O)CC1. The van der Waals surface area contributed by atoms with Crippen molar-refractivity contribution >= 4 is 0 Å². The Balaban J connectivity index is 2.30. The zero-order valence-corrected chi connectivity index (χ0v) is 8.99. The Labute approximate surface area is 89.2 Å². The number of rotatable bonds is 1. The summed E-state index contributed by atoms with van der Waals surface area (Å²) in [5, 5.41) is 10.4. The minimum atomic E-state index is -0.901. The summed E-state index contributed by atoms with van der Waals surface area (Å²) in [5.41, 5.74) is -0.534. The van der Waals surface area contributed by atoms with Crippen molar-refractivity contribution in [2.75, 3.05) is 0 Å². The fourth-order valence-electron chi connectivity index (χ4n) is 2.30. The van der Waals surface area contributed by atoms with E-state index in [1.54, 1.807) is 18.3 Å². The van der Waals surface area contributed by atoms with Gasteiger partial charge in [-0.05, 0) is 43.7 Å². The van der Waals surface area contributed by atoms with Gasteiger partial charge in [0.05, 0.1) is 5.60 Å². The summed E-state index contributed by atoms with van der Waals surface area (Å²) in [5.74, 6) is 0.660. The molecule has 0 unspecified atom stereocenters. The maximum Gasteiger partial charge on any atom is 0.254 e. The van der Waals surface area contributed by atoms with Gasteiger partial charge in [-0.15, -0.1) is 0 Å². The van der Waals surface area contributed by atoms with Gasteiger partial charge in [0.15, 0.2) is 0 Å². The number of H-pyrrole nitrogens is 1. The fraction of sp³-hybridized carbons (Fsp3) is 0.583. The zero-order chi connectivity index (χ0) is 10.9. The second kappa shape index (κ2) is 3.81. The summed E-state index contributed by atoms with van der Waals surface area (Å²) >= 11 is 0. The van der Waals surface area contributed by atoms with Crippen LogP contribution in [-0.2, 0) is 5.60 Å². The predicted octanol–water partition coefficient (Wildman–Crippen LogP) is 1.77. The van der Waals surface area contributed by atoms with E-state index in [1.165, 1.54) is 0 Å². The third-order valence-corrected chi connectivity index (χ3v) is 3.42. The van der Waals surface area contributed by atoms with Gasteiger partial charge in [-0.3, -0.25) is 4.79 Å². The Morgan fingerprint density at radius 3 is 2.73 bits per heavy atom. The van der Waals surface area contributed by atoms with Crippen LogP contribution in [0.2, 0.25) is 0 Å². The largest absolute Gasteiger partial charge is 0.385 e. The number of hydrogen-bond acceptors (Lipinski definition) is 2. The van der Waals surface area contributed by atoms with E-state index < -0.39 is 5.60 Å². The van der Waals surface area contributed by atoms with Gasteiger partial charge in [-0.1, -0.05) is 6.92 Å².